The van der Waals surface area contributed by atoms with Crippen LogP contribution >= 0.6 is 0 Å². The summed E-state index contributed by atoms with van der Waals surface area (Å²) in [5.41, 5.74) is 1.91. The maximum atomic E-state index is 10.9. The summed E-state index contributed by atoms with van der Waals surface area (Å²) in [5.74, 6) is 0.171. The Kier molecular flexibility index (Phi) is 3.64. The monoisotopic (exact) mass is 206 g/mol. The molecule has 0 unspecified atom stereocenters. The number of aliphatic hydroxyl groups is 1. The zero-order valence-electron chi connectivity index (χ0n) is 9.58. The van der Waals surface area contributed by atoms with Crippen molar-refractivity contribution in [3.63, 3.8) is 0 Å². The average molecular weight is 206 g/mol. The number of ketones is 1. The van der Waals surface area contributed by atoms with Gasteiger partial charge in [-0.3, -0.25) is 4.79 Å². The van der Waals surface area contributed by atoms with Gasteiger partial charge >= 0.3 is 0 Å². The molecule has 0 aliphatic carbocycles. The molecule has 0 amide bonds. The van der Waals surface area contributed by atoms with E-state index in [1.165, 1.54) is 0 Å². The Labute approximate surface area is 90.9 Å². The fraction of sp³-hybridized carbons (Fsp3) is 0.462. The normalized spacial score (nSPS) is 11.5. The van der Waals surface area contributed by atoms with Crippen LogP contribution in [0.1, 0.15) is 31.9 Å². The number of carbonyl (C=O) groups excluding carboxylic acids is 1. The van der Waals surface area contributed by atoms with Crippen LogP contribution in [0, 0.1) is 0 Å². The van der Waals surface area contributed by atoms with Gasteiger partial charge in [0.2, 0.25) is 0 Å². The van der Waals surface area contributed by atoms with Crippen LogP contribution in [0.5, 0.6) is 0 Å². The maximum absolute atomic E-state index is 10.9. The molecule has 0 radical (unpaired) electrons. The van der Waals surface area contributed by atoms with Crippen molar-refractivity contribution in [1.29, 1.82) is 0 Å². The zero-order valence-corrected chi connectivity index (χ0v) is 9.58. The Morgan fingerprint density at radius 3 is 2.20 bits per heavy atom. The van der Waals surface area contributed by atoms with Crippen LogP contribution in [0.25, 0.3) is 0 Å². The van der Waals surface area contributed by atoms with Gasteiger partial charge in [-0.25, -0.2) is 0 Å². The van der Waals surface area contributed by atoms with Gasteiger partial charge in [0.1, 0.15) is 5.78 Å². The number of Topliss-reactive ketones (excluding diaryl/α,β-unsaturated/α-hetero) is 1. The molecule has 0 aliphatic rings. The van der Waals surface area contributed by atoms with E-state index in [0.29, 0.717) is 6.42 Å². The van der Waals surface area contributed by atoms with Crippen LogP contribution in [0.2, 0.25) is 0 Å². The third kappa shape index (κ3) is 3.17. The molecule has 0 heterocycles. The van der Waals surface area contributed by atoms with E-state index >= 15 is 0 Å². The third-order valence-corrected chi connectivity index (χ3v) is 2.58. The quantitative estimate of drug-likeness (QED) is 0.819. The molecule has 0 fully saturated rings. The second-order valence-corrected chi connectivity index (χ2v) is 4.62. The van der Waals surface area contributed by atoms with E-state index in [1.54, 1.807) is 6.92 Å². The minimum absolute atomic E-state index is 0.124. The van der Waals surface area contributed by atoms with Gasteiger partial charge in [0, 0.05) is 11.8 Å². The predicted octanol–water partition coefficient (Wildman–Crippen LogP) is 2.09. The molecule has 0 spiro atoms. The van der Waals surface area contributed by atoms with Gasteiger partial charge < -0.3 is 5.11 Å². The summed E-state index contributed by atoms with van der Waals surface area (Å²) in [5, 5.41) is 9.21. The van der Waals surface area contributed by atoms with E-state index in [4.69, 9.17) is 0 Å². The molecule has 2 heteroatoms. The lowest BCUT2D eigenvalue weighted by Gasteiger charge is -2.22. The first kappa shape index (κ1) is 11.9. The number of rotatable bonds is 4. The van der Waals surface area contributed by atoms with E-state index in [9.17, 15) is 9.90 Å². The molecule has 82 valence electrons. The first-order chi connectivity index (χ1) is 6.95. The van der Waals surface area contributed by atoms with E-state index < -0.39 is 0 Å². The van der Waals surface area contributed by atoms with Crippen molar-refractivity contribution in [3.8, 4) is 0 Å². The second-order valence-electron chi connectivity index (χ2n) is 4.62. The van der Waals surface area contributed by atoms with Gasteiger partial charge in [-0.1, -0.05) is 38.1 Å². The second kappa shape index (κ2) is 4.58. The van der Waals surface area contributed by atoms with Gasteiger partial charge in [-0.2, -0.15) is 0 Å². The van der Waals surface area contributed by atoms with Crippen molar-refractivity contribution < 1.29 is 9.90 Å². The van der Waals surface area contributed by atoms with Crippen LogP contribution in [0.3, 0.4) is 0 Å². The van der Waals surface area contributed by atoms with Crippen LogP contribution in [0.15, 0.2) is 24.3 Å². The van der Waals surface area contributed by atoms with Gasteiger partial charge in [0.05, 0.1) is 6.61 Å². The first-order valence-corrected chi connectivity index (χ1v) is 5.15. The molecule has 15 heavy (non-hydrogen) atoms. The molecule has 1 aromatic rings. The van der Waals surface area contributed by atoms with Crippen molar-refractivity contribution in [2.24, 2.45) is 0 Å². The smallest absolute Gasteiger partial charge is 0.134 e. The molecule has 1 rings (SSSR count). The van der Waals surface area contributed by atoms with Crippen molar-refractivity contribution in [1.82, 2.24) is 0 Å². The zero-order chi connectivity index (χ0) is 11.5. The van der Waals surface area contributed by atoms with Crippen LogP contribution in [-0.2, 0) is 16.6 Å². The molecule has 0 atom stereocenters. The molecule has 1 aromatic carbocycles. The van der Waals surface area contributed by atoms with E-state index in [0.717, 1.165) is 11.1 Å². The first-order valence-electron chi connectivity index (χ1n) is 5.15. The summed E-state index contributed by atoms with van der Waals surface area (Å²) in [6.45, 7) is 5.70. The van der Waals surface area contributed by atoms with E-state index in [1.807, 2.05) is 38.1 Å². The highest BCUT2D eigenvalue weighted by atomic mass is 16.3. The number of aliphatic hydroxyl groups excluding tert-OH is 1. The van der Waals surface area contributed by atoms with Crippen molar-refractivity contribution in [2.45, 2.75) is 32.6 Å². The van der Waals surface area contributed by atoms with Crippen LogP contribution < -0.4 is 0 Å². The van der Waals surface area contributed by atoms with Crippen molar-refractivity contribution in [3.05, 3.63) is 35.4 Å². The summed E-state index contributed by atoms with van der Waals surface area (Å²) in [6.07, 6.45) is 0.486. The fourth-order valence-corrected chi connectivity index (χ4v) is 1.45. The number of hydrogen-bond donors (Lipinski definition) is 1. The Morgan fingerprint density at radius 1 is 1.27 bits per heavy atom. The fourth-order valence-electron chi connectivity index (χ4n) is 1.45. The topological polar surface area (TPSA) is 37.3 Å². The predicted molar refractivity (Wildman–Crippen MR) is 60.9 cm³/mol. The van der Waals surface area contributed by atoms with Crippen LogP contribution in [-0.4, -0.2) is 17.5 Å². The molecular formula is C13H18O2. The highest BCUT2D eigenvalue weighted by Crippen LogP contribution is 2.22. The van der Waals surface area contributed by atoms with Gasteiger partial charge in [0.25, 0.3) is 0 Å². The largest absolute Gasteiger partial charge is 0.395 e. The standard InChI is InChI=1S/C13H18O2/c1-10(15)8-11-4-6-12(7-5-11)13(2,3)9-14/h4-7,14H,8-9H2,1-3H3. The van der Waals surface area contributed by atoms with Crippen molar-refractivity contribution >= 4 is 5.78 Å². The van der Waals surface area contributed by atoms with E-state index in [-0.39, 0.29) is 17.8 Å². The van der Waals surface area contributed by atoms with E-state index in [2.05, 4.69) is 0 Å². The molecular weight excluding hydrogens is 188 g/mol. The molecule has 0 aliphatic heterocycles. The highest BCUT2D eigenvalue weighted by Gasteiger charge is 2.18. The van der Waals surface area contributed by atoms with Gasteiger partial charge in [-0.05, 0) is 18.1 Å². The van der Waals surface area contributed by atoms with Crippen LogP contribution in [0.4, 0.5) is 0 Å². The lowest BCUT2D eigenvalue weighted by atomic mass is 9.85. The number of hydrogen-bond acceptors (Lipinski definition) is 2. The molecule has 0 aromatic heterocycles. The molecule has 0 saturated heterocycles. The molecule has 2 nitrogen and oxygen atoms in total. The Morgan fingerprint density at radius 2 is 1.80 bits per heavy atom. The highest BCUT2D eigenvalue weighted by molar-refractivity contribution is 5.78. The third-order valence-electron chi connectivity index (χ3n) is 2.58. The SMILES string of the molecule is CC(=O)Cc1ccc(C(C)(C)CO)cc1. The summed E-state index contributed by atoms with van der Waals surface area (Å²) in [4.78, 5) is 10.9. The van der Waals surface area contributed by atoms with Gasteiger partial charge in [-0.15, -0.1) is 0 Å². The summed E-state index contributed by atoms with van der Waals surface area (Å²) < 4.78 is 0. The Balaban J connectivity index is 2.85. The Bertz CT molecular complexity index is 336. The molecule has 0 saturated carbocycles. The lowest BCUT2D eigenvalue weighted by Crippen LogP contribution is -2.21. The Hall–Kier alpha value is -1.15. The minimum Gasteiger partial charge on any atom is -0.395 e. The van der Waals surface area contributed by atoms with Crippen molar-refractivity contribution in [2.75, 3.05) is 6.61 Å². The summed E-state index contributed by atoms with van der Waals surface area (Å²) in [7, 11) is 0. The summed E-state index contributed by atoms with van der Waals surface area (Å²) >= 11 is 0. The maximum Gasteiger partial charge on any atom is 0.134 e. The minimum atomic E-state index is -0.214. The lowest BCUT2D eigenvalue weighted by molar-refractivity contribution is -0.116. The molecule has 0 bridgehead atoms. The molecule has 1 N–H and O–H groups in total. The average Bonchev–Trinajstić information content (AvgIpc) is 2.18. The number of carbonyl (C=O) groups is 1. The summed E-state index contributed by atoms with van der Waals surface area (Å²) in [6, 6.07) is 7.87. The van der Waals surface area contributed by atoms with Gasteiger partial charge in [0.15, 0.2) is 0 Å². The number of benzene rings is 1.